The first kappa shape index (κ1) is 21.7. The highest BCUT2D eigenvalue weighted by Crippen LogP contribution is 2.37. The van der Waals surface area contributed by atoms with Crippen LogP contribution in [0.4, 0.5) is 13.2 Å². The third-order valence-corrected chi connectivity index (χ3v) is 6.16. The van der Waals surface area contributed by atoms with E-state index in [9.17, 15) is 13.2 Å². The zero-order chi connectivity index (χ0) is 20.7. The van der Waals surface area contributed by atoms with Crippen LogP contribution in [0, 0.1) is 23.2 Å². The van der Waals surface area contributed by atoms with Gasteiger partial charge in [0.2, 0.25) is 0 Å². The Kier molecular flexibility index (Phi) is 7.60. The van der Waals surface area contributed by atoms with Gasteiger partial charge in [-0.25, -0.2) is 0 Å². The summed E-state index contributed by atoms with van der Waals surface area (Å²) in [6, 6.07) is 8.37. The molecule has 2 saturated carbocycles. The van der Waals surface area contributed by atoms with Gasteiger partial charge in [-0.2, -0.15) is 5.26 Å². The SMILES string of the molecule is N#CC=CC1CCC(OCC2CCC(c3ccc(OC(F)(F)F)cc3)CC2)CC1. The van der Waals surface area contributed by atoms with E-state index in [4.69, 9.17) is 10.00 Å². The minimum absolute atomic E-state index is 0.166. The molecule has 0 saturated heterocycles. The first-order chi connectivity index (χ1) is 13.9. The van der Waals surface area contributed by atoms with E-state index in [0.717, 1.165) is 63.5 Å². The lowest BCUT2D eigenvalue weighted by molar-refractivity contribution is -0.274. The van der Waals surface area contributed by atoms with Crippen molar-refractivity contribution in [2.75, 3.05) is 6.61 Å². The minimum Gasteiger partial charge on any atom is -0.406 e. The van der Waals surface area contributed by atoms with Crippen LogP contribution in [0.15, 0.2) is 36.4 Å². The van der Waals surface area contributed by atoms with Crippen LogP contribution in [0.25, 0.3) is 0 Å². The van der Waals surface area contributed by atoms with E-state index >= 15 is 0 Å². The van der Waals surface area contributed by atoms with E-state index in [1.807, 2.05) is 6.08 Å². The Hall–Kier alpha value is -2.00. The van der Waals surface area contributed by atoms with E-state index in [1.165, 1.54) is 12.1 Å². The Bertz CT molecular complexity index is 692. The first-order valence-electron chi connectivity index (χ1n) is 10.5. The largest absolute Gasteiger partial charge is 0.573 e. The summed E-state index contributed by atoms with van der Waals surface area (Å²) in [7, 11) is 0. The van der Waals surface area contributed by atoms with E-state index in [-0.39, 0.29) is 5.75 Å². The lowest BCUT2D eigenvalue weighted by atomic mass is 9.79. The predicted octanol–water partition coefficient (Wildman–Crippen LogP) is 6.51. The van der Waals surface area contributed by atoms with E-state index in [2.05, 4.69) is 10.8 Å². The number of allylic oxidation sites excluding steroid dienone is 2. The zero-order valence-electron chi connectivity index (χ0n) is 16.5. The maximum Gasteiger partial charge on any atom is 0.573 e. The number of hydrogen-bond donors (Lipinski definition) is 0. The van der Waals surface area contributed by atoms with Crippen LogP contribution in [0.3, 0.4) is 0 Å². The van der Waals surface area contributed by atoms with Crippen molar-refractivity contribution in [3.63, 3.8) is 0 Å². The van der Waals surface area contributed by atoms with E-state index in [1.54, 1.807) is 18.2 Å². The summed E-state index contributed by atoms with van der Waals surface area (Å²) in [5, 5.41) is 8.61. The third kappa shape index (κ3) is 7.08. The fourth-order valence-corrected chi connectivity index (χ4v) is 4.50. The highest BCUT2D eigenvalue weighted by molar-refractivity contribution is 5.29. The summed E-state index contributed by atoms with van der Waals surface area (Å²) in [5.74, 6) is 1.31. The van der Waals surface area contributed by atoms with Crippen LogP contribution in [0.5, 0.6) is 5.75 Å². The molecule has 0 aliphatic heterocycles. The molecular weight excluding hydrogens is 379 g/mol. The third-order valence-electron chi connectivity index (χ3n) is 6.16. The van der Waals surface area contributed by atoms with Crippen molar-refractivity contribution in [2.45, 2.75) is 69.8 Å². The summed E-state index contributed by atoms with van der Waals surface area (Å²) in [6.07, 6.45) is 7.83. The first-order valence-corrected chi connectivity index (χ1v) is 10.5. The number of alkyl halides is 3. The number of halogens is 3. The van der Waals surface area contributed by atoms with Gasteiger partial charge in [-0.1, -0.05) is 18.2 Å². The lowest BCUT2D eigenvalue weighted by Crippen LogP contribution is -2.25. The molecule has 2 aliphatic carbocycles. The molecule has 0 heterocycles. The average Bonchev–Trinajstić information content (AvgIpc) is 2.71. The predicted molar refractivity (Wildman–Crippen MR) is 104 cm³/mol. The van der Waals surface area contributed by atoms with Crippen LogP contribution < -0.4 is 4.74 Å². The number of nitriles is 1. The molecule has 0 N–H and O–H groups in total. The van der Waals surface area contributed by atoms with Crippen molar-refractivity contribution in [3.8, 4) is 11.8 Å². The van der Waals surface area contributed by atoms with Gasteiger partial charge in [0.1, 0.15) is 5.75 Å². The molecule has 3 rings (SSSR count). The van der Waals surface area contributed by atoms with Crippen molar-refractivity contribution in [1.82, 2.24) is 0 Å². The molecule has 0 radical (unpaired) electrons. The van der Waals surface area contributed by atoms with Gasteiger partial charge in [-0.3, -0.25) is 0 Å². The van der Waals surface area contributed by atoms with Gasteiger partial charge < -0.3 is 9.47 Å². The number of rotatable bonds is 6. The molecule has 2 fully saturated rings. The van der Waals surface area contributed by atoms with Crippen molar-refractivity contribution in [2.24, 2.45) is 11.8 Å². The highest BCUT2D eigenvalue weighted by atomic mass is 19.4. The van der Waals surface area contributed by atoms with Crippen LogP contribution >= 0.6 is 0 Å². The van der Waals surface area contributed by atoms with E-state index < -0.39 is 6.36 Å². The second-order valence-electron chi connectivity index (χ2n) is 8.19. The molecule has 1 aromatic carbocycles. The molecule has 29 heavy (non-hydrogen) atoms. The Morgan fingerprint density at radius 3 is 2.21 bits per heavy atom. The lowest BCUT2D eigenvalue weighted by Gasteiger charge is -2.32. The van der Waals surface area contributed by atoms with Crippen LogP contribution in [-0.4, -0.2) is 19.1 Å². The number of ether oxygens (including phenoxy) is 2. The number of hydrogen-bond acceptors (Lipinski definition) is 3. The Balaban J connectivity index is 1.37. The van der Waals surface area contributed by atoms with Gasteiger partial charge in [0.05, 0.1) is 12.2 Å². The Morgan fingerprint density at radius 2 is 1.62 bits per heavy atom. The average molecular weight is 407 g/mol. The molecule has 0 bridgehead atoms. The summed E-state index contributed by atoms with van der Waals surface area (Å²) < 4.78 is 46.9. The molecule has 0 unspecified atom stereocenters. The normalized spacial score (nSPS) is 28.2. The molecule has 2 aliphatic rings. The van der Waals surface area contributed by atoms with Gasteiger partial charge in [0, 0.05) is 12.7 Å². The van der Waals surface area contributed by atoms with Gasteiger partial charge in [-0.15, -0.1) is 13.2 Å². The molecule has 6 heteroatoms. The van der Waals surface area contributed by atoms with Gasteiger partial charge >= 0.3 is 6.36 Å². The molecule has 0 atom stereocenters. The monoisotopic (exact) mass is 407 g/mol. The summed E-state index contributed by atoms with van der Waals surface area (Å²) in [6.45, 7) is 0.800. The topological polar surface area (TPSA) is 42.2 Å². The second-order valence-corrected chi connectivity index (χ2v) is 8.19. The minimum atomic E-state index is -4.65. The Labute approximate surface area is 170 Å². The van der Waals surface area contributed by atoms with Gasteiger partial charge in [0.15, 0.2) is 0 Å². The van der Waals surface area contributed by atoms with Gasteiger partial charge in [-0.05, 0) is 86.8 Å². The van der Waals surface area contributed by atoms with Crippen molar-refractivity contribution < 1.29 is 22.6 Å². The maximum absolute atomic E-state index is 12.3. The molecular formula is C23H28F3NO2. The number of benzene rings is 1. The highest BCUT2D eigenvalue weighted by Gasteiger charge is 2.31. The Morgan fingerprint density at radius 1 is 0.966 bits per heavy atom. The molecule has 0 aromatic heterocycles. The molecule has 0 spiro atoms. The van der Waals surface area contributed by atoms with Crippen LogP contribution in [-0.2, 0) is 4.74 Å². The summed E-state index contributed by atoms with van der Waals surface area (Å²) >= 11 is 0. The maximum atomic E-state index is 12.3. The van der Waals surface area contributed by atoms with Crippen molar-refractivity contribution >= 4 is 0 Å². The van der Waals surface area contributed by atoms with E-state index in [0.29, 0.717) is 23.9 Å². The quantitative estimate of drug-likeness (QED) is 0.505. The molecule has 158 valence electrons. The standard InChI is InChI=1S/C23H28F3NO2/c24-23(25,26)29-22-13-9-20(10-14-22)19-7-3-18(4-8-19)16-28-21-11-5-17(6-12-21)2-1-15-27/h1-2,9-10,13-14,17-19,21H,3-8,11-12,16H2. The second kappa shape index (κ2) is 10.2. The summed E-state index contributed by atoms with van der Waals surface area (Å²) in [4.78, 5) is 0. The fourth-order valence-electron chi connectivity index (χ4n) is 4.50. The van der Waals surface area contributed by atoms with Crippen LogP contribution in [0.2, 0.25) is 0 Å². The van der Waals surface area contributed by atoms with Crippen molar-refractivity contribution in [1.29, 1.82) is 5.26 Å². The molecule has 1 aromatic rings. The number of nitrogens with zero attached hydrogens (tertiary/aromatic N) is 1. The van der Waals surface area contributed by atoms with Crippen LogP contribution in [0.1, 0.15) is 62.8 Å². The summed E-state index contributed by atoms with van der Waals surface area (Å²) in [5.41, 5.74) is 1.09. The smallest absolute Gasteiger partial charge is 0.406 e. The molecule has 0 amide bonds. The fraction of sp³-hybridized carbons (Fsp3) is 0.609. The van der Waals surface area contributed by atoms with Gasteiger partial charge in [0.25, 0.3) is 0 Å². The van der Waals surface area contributed by atoms with Crippen molar-refractivity contribution in [3.05, 3.63) is 42.0 Å². The molecule has 3 nitrogen and oxygen atoms in total. The zero-order valence-corrected chi connectivity index (χ0v) is 16.5.